The Morgan fingerprint density at radius 3 is 2.31 bits per heavy atom. The third-order valence-corrected chi connectivity index (χ3v) is 2.97. The molecule has 84 valence electrons. The van der Waals surface area contributed by atoms with Gasteiger partial charge < -0.3 is 4.90 Å². The van der Waals surface area contributed by atoms with Crippen LogP contribution in [0.25, 0.3) is 0 Å². The van der Waals surface area contributed by atoms with Crippen LogP contribution in [0.4, 0.5) is 5.69 Å². The Kier molecular flexibility index (Phi) is 2.15. The van der Waals surface area contributed by atoms with Crippen LogP contribution in [0.15, 0.2) is 18.2 Å². The van der Waals surface area contributed by atoms with Crippen LogP contribution >= 0.6 is 0 Å². The van der Waals surface area contributed by atoms with Crippen LogP contribution in [0.5, 0.6) is 0 Å². The molecular weight excluding hydrogens is 202 g/mol. The first-order valence-electron chi connectivity index (χ1n) is 5.29. The first-order chi connectivity index (χ1) is 7.32. The van der Waals surface area contributed by atoms with E-state index in [1.54, 1.807) is 7.05 Å². The van der Waals surface area contributed by atoms with Gasteiger partial charge in [0, 0.05) is 7.05 Å². The van der Waals surface area contributed by atoms with E-state index in [0.29, 0.717) is 11.3 Å². The van der Waals surface area contributed by atoms with Crippen LogP contribution in [0.2, 0.25) is 0 Å². The molecule has 0 bridgehead atoms. The Morgan fingerprint density at radius 1 is 1.12 bits per heavy atom. The van der Waals surface area contributed by atoms with Crippen LogP contribution in [0, 0.1) is 0 Å². The second-order valence-electron chi connectivity index (χ2n) is 5.18. The maximum Gasteiger partial charge on any atom is 0.299 e. The predicted molar refractivity (Wildman–Crippen MR) is 62.9 cm³/mol. The molecule has 0 N–H and O–H groups in total. The van der Waals surface area contributed by atoms with Crippen LogP contribution in [-0.2, 0) is 10.2 Å². The molecule has 1 amide bonds. The van der Waals surface area contributed by atoms with Crippen LogP contribution in [-0.4, -0.2) is 18.7 Å². The molecule has 2 rings (SSSR count). The number of nitrogens with zero attached hydrogens (tertiary/aromatic N) is 1. The number of carbonyl (C=O) groups is 2. The van der Waals surface area contributed by atoms with E-state index in [0.717, 1.165) is 5.56 Å². The molecule has 0 fully saturated rings. The minimum Gasteiger partial charge on any atom is -0.308 e. The number of carbonyl (C=O) groups excluding carboxylic acids is 2. The van der Waals surface area contributed by atoms with Gasteiger partial charge in [-0.2, -0.15) is 0 Å². The number of hydrogen-bond donors (Lipinski definition) is 0. The lowest BCUT2D eigenvalue weighted by molar-refractivity contribution is -0.114. The highest BCUT2D eigenvalue weighted by Crippen LogP contribution is 2.32. The molecule has 0 spiro atoms. The standard InChI is InChI=1S/C13H15NO2/c1-13(2,3)8-5-6-10-9(7-8)11(15)12(16)14(10)4/h5-7H,1-4H3. The maximum atomic E-state index is 11.7. The number of hydrogen-bond acceptors (Lipinski definition) is 2. The van der Waals surface area contributed by atoms with Gasteiger partial charge in [0.15, 0.2) is 0 Å². The van der Waals surface area contributed by atoms with Crippen molar-refractivity contribution >= 4 is 17.4 Å². The normalized spacial score (nSPS) is 15.6. The number of anilines is 1. The summed E-state index contributed by atoms with van der Waals surface area (Å²) in [6.45, 7) is 6.25. The van der Waals surface area contributed by atoms with Crippen molar-refractivity contribution in [1.29, 1.82) is 0 Å². The van der Waals surface area contributed by atoms with Crippen molar-refractivity contribution in [2.45, 2.75) is 26.2 Å². The first kappa shape index (κ1) is 10.9. The van der Waals surface area contributed by atoms with Gasteiger partial charge in [0.1, 0.15) is 0 Å². The minimum absolute atomic E-state index is 0.0144. The van der Waals surface area contributed by atoms with Gasteiger partial charge in [-0.25, -0.2) is 0 Å². The number of amides is 1. The number of ketones is 1. The fourth-order valence-corrected chi connectivity index (χ4v) is 1.85. The second-order valence-corrected chi connectivity index (χ2v) is 5.18. The Balaban J connectivity index is 2.58. The molecule has 0 atom stereocenters. The van der Waals surface area contributed by atoms with Gasteiger partial charge in [0.25, 0.3) is 11.7 Å². The summed E-state index contributed by atoms with van der Waals surface area (Å²) in [7, 11) is 1.63. The van der Waals surface area contributed by atoms with Gasteiger partial charge in [-0.15, -0.1) is 0 Å². The number of fused-ring (bicyclic) bond motifs is 1. The van der Waals surface area contributed by atoms with Crippen molar-refractivity contribution in [3.8, 4) is 0 Å². The van der Waals surface area contributed by atoms with Gasteiger partial charge in [-0.1, -0.05) is 26.8 Å². The van der Waals surface area contributed by atoms with E-state index in [-0.39, 0.29) is 5.41 Å². The number of rotatable bonds is 0. The van der Waals surface area contributed by atoms with Gasteiger partial charge >= 0.3 is 0 Å². The van der Waals surface area contributed by atoms with E-state index < -0.39 is 11.7 Å². The molecule has 16 heavy (non-hydrogen) atoms. The van der Waals surface area contributed by atoms with Crippen LogP contribution in [0.1, 0.15) is 36.7 Å². The van der Waals surface area contributed by atoms with E-state index in [9.17, 15) is 9.59 Å². The molecule has 0 unspecified atom stereocenters. The Bertz CT molecular complexity index is 483. The maximum absolute atomic E-state index is 11.7. The topological polar surface area (TPSA) is 37.4 Å². The fourth-order valence-electron chi connectivity index (χ4n) is 1.85. The summed E-state index contributed by atoms with van der Waals surface area (Å²) in [5, 5.41) is 0. The number of Topliss-reactive ketones (excluding diaryl/α,β-unsaturated/α-hetero) is 1. The molecular formula is C13H15NO2. The molecule has 1 aliphatic heterocycles. The molecule has 1 aromatic carbocycles. The summed E-state index contributed by atoms with van der Waals surface area (Å²) in [5.41, 5.74) is 2.30. The van der Waals surface area contributed by atoms with Gasteiger partial charge in [0.2, 0.25) is 0 Å². The third-order valence-electron chi connectivity index (χ3n) is 2.97. The van der Waals surface area contributed by atoms with E-state index in [1.165, 1.54) is 4.90 Å². The van der Waals surface area contributed by atoms with Crippen molar-refractivity contribution in [3.05, 3.63) is 29.3 Å². The SMILES string of the molecule is CN1C(=O)C(=O)c2cc(C(C)(C)C)ccc21. The zero-order chi connectivity index (χ0) is 12.1. The summed E-state index contributed by atoms with van der Waals surface area (Å²) in [4.78, 5) is 24.6. The van der Waals surface area contributed by atoms with Crippen molar-refractivity contribution in [3.63, 3.8) is 0 Å². The summed E-state index contributed by atoms with van der Waals surface area (Å²) < 4.78 is 0. The Morgan fingerprint density at radius 2 is 1.75 bits per heavy atom. The van der Waals surface area contributed by atoms with Crippen molar-refractivity contribution in [1.82, 2.24) is 0 Å². The largest absolute Gasteiger partial charge is 0.308 e. The zero-order valence-electron chi connectivity index (χ0n) is 10.00. The molecule has 3 nitrogen and oxygen atoms in total. The summed E-state index contributed by atoms with van der Waals surface area (Å²) in [5.74, 6) is -0.843. The van der Waals surface area contributed by atoms with Crippen molar-refractivity contribution < 1.29 is 9.59 Å². The van der Waals surface area contributed by atoms with Gasteiger partial charge in [-0.3, -0.25) is 9.59 Å². The number of benzene rings is 1. The monoisotopic (exact) mass is 217 g/mol. The molecule has 0 saturated heterocycles. The summed E-state index contributed by atoms with van der Waals surface area (Å²) >= 11 is 0. The third kappa shape index (κ3) is 1.43. The van der Waals surface area contributed by atoms with E-state index in [1.807, 2.05) is 18.2 Å². The van der Waals surface area contributed by atoms with Gasteiger partial charge in [-0.05, 0) is 23.1 Å². The average molecular weight is 217 g/mol. The average Bonchev–Trinajstić information content (AvgIpc) is 2.43. The summed E-state index contributed by atoms with van der Waals surface area (Å²) in [6.07, 6.45) is 0. The lowest BCUT2D eigenvalue weighted by Crippen LogP contribution is -2.24. The van der Waals surface area contributed by atoms with E-state index in [2.05, 4.69) is 20.8 Å². The Labute approximate surface area is 95.1 Å². The molecule has 0 saturated carbocycles. The van der Waals surface area contributed by atoms with Gasteiger partial charge in [0.05, 0.1) is 11.3 Å². The molecule has 1 aromatic rings. The molecule has 0 aliphatic carbocycles. The summed E-state index contributed by atoms with van der Waals surface area (Å²) in [6, 6.07) is 5.65. The lowest BCUT2D eigenvalue weighted by atomic mass is 9.86. The molecule has 3 heteroatoms. The zero-order valence-corrected chi connectivity index (χ0v) is 10.00. The van der Waals surface area contributed by atoms with Crippen molar-refractivity contribution in [2.24, 2.45) is 0 Å². The highest BCUT2D eigenvalue weighted by molar-refractivity contribution is 6.52. The Hall–Kier alpha value is -1.64. The second kappa shape index (κ2) is 3.17. The lowest BCUT2D eigenvalue weighted by Gasteiger charge is -2.20. The number of likely N-dealkylation sites (N-methyl/N-ethyl adjacent to an activating group) is 1. The quantitative estimate of drug-likeness (QED) is 0.624. The molecule has 1 aliphatic rings. The predicted octanol–water partition coefficient (Wildman–Crippen LogP) is 2.14. The smallest absolute Gasteiger partial charge is 0.299 e. The highest BCUT2D eigenvalue weighted by atomic mass is 16.2. The molecule has 0 aromatic heterocycles. The van der Waals surface area contributed by atoms with Crippen molar-refractivity contribution in [2.75, 3.05) is 11.9 Å². The van der Waals surface area contributed by atoms with Crippen LogP contribution in [0.3, 0.4) is 0 Å². The minimum atomic E-state index is -0.443. The first-order valence-corrected chi connectivity index (χ1v) is 5.29. The highest BCUT2D eigenvalue weighted by Gasteiger charge is 2.34. The van der Waals surface area contributed by atoms with E-state index in [4.69, 9.17) is 0 Å². The molecule has 1 heterocycles. The fraction of sp³-hybridized carbons (Fsp3) is 0.385. The van der Waals surface area contributed by atoms with E-state index >= 15 is 0 Å². The van der Waals surface area contributed by atoms with Crippen LogP contribution < -0.4 is 4.90 Å². The molecule has 0 radical (unpaired) electrons.